The lowest BCUT2D eigenvalue weighted by Crippen LogP contribution is -2.13. The fraction of sp³-hybridized carbons (Fsp3) is 0.278. The van der Waals surface area contributed by atoms with Crippen molar-refractivity contribution in [2.45, 2.75) is 13.0 Å². The summed E-state index contributed by atoms with van der Waals surface area (Å²) in [5.74, 6) is 0.469. The van der Waals surface area contributed by atoms with Crippen molar-refractivity contribution in [3.8, 4) is 5.75 Å². The monoisotopic (exact) mass is 350 g/mol. The molecule has 0 aromatic heterocycles. The summed E-state index contributed by atoms with van der Waals surface area (Å²) in [4.78, 5) is 12.3. The molecule has 0 aliphatic rings. The topological polar surface area (TPSA) is 73.6 Å². The van der Waals surface area contributed by atoms with Crippen LogP contribution in [-0.4, -0.2) is 26.2 Å². The zero-order valence-electron chi connectivity index (χ0n) is 13.7. The Morgan fingerprint density at radius 1 is 1.08 bits per heavy atom. The van der Waals surface area contributed by atoms with Crippen molar-refractivity contribution in [1.29, 1.82) is 0 Å². The maximum absolute atomic E-state index is 12.3. The zero-order chi connectivity index (χ0) is 16.5. The predicted molar refractivity (Wildman–Crippen MR) is 98.0 cm³/mol. The quantitative estimate of drug-likeness (QED) is 0.717. The summed E-state index contributed by atoms with van der Waals surface area (Å²) in [5, 5.41) is 2.88. The molecule has 0 unspecified atom stereocenters. The number of methoxy groups -OCH3 is 1. The van der Waals surface area contributed by atoms with Crippen LogP contribution in [0.1, 0.15) is 22.3 Å². The number of anilines is 1. The van der Waals surface area contributed by atoms with Gasteiger partial charge in [-0.05, 0) is 29.8 Å². The molecule has 24 heavy (non-hydrogen) atoms. The van der Waals surface area contributed by atoms with Crippen LogP contribution in [0.2, 0.25) is 0 Å². The maximum atomic E-state index is 12.3. The molecule has 1 amide bonds. The van der Waals surface area contributed by atoms with Gasteiger partial charge in [-0.3, -0.25) is 4.79 Å². The largest absolute Gasteiger partial charge is 0.491 e. The molecule has 0 aliphatic carbocycles. The van der Waals surface area contributed by atoms with Gasteiger partial charge >= 0.3 is 0 Å². The second-order valence-corrected chi connectivity index (χ2v) is 5.05. The van der Waals surface area contributed by atoms with Gasteiger partial charge in [0.15, 0.2) is 0 Å². The number of hydrogen-bond donors (Lipinski definition) is 2. The molecule has 0 bridgehead atoms. The van der Waals surface area contributed by atoms with Crippen molar-refractivity contribution in [3.63, 3.8) is 0 Å². The van der Waals surface area contributed by atoms with E-state index in [0.717, 1.165) is 12.0 Å². The number of rotatable bonds is 8. The van der Waals surface area contributed by atoms with Crippen molar-refractivity contribution >= 4 is 24.0 Å². The summed E-state index contributed by atoms with van der Waals surface area (Å²) in [7, 11) is 1.66. The first-order chi connectivity index (χ1) is 11.2. The van der Waals surface area contributed by atoms with Crippen LogP contribution in [0, 0.1) is 0 Å². The van der Waals surface area contributed by atoms with Crippen LogP contribution in [0.4, 0.5) is 5.69 Å². The normalized spacial score (nSPS) is 9.92. The highest BCUT2D eigenvalue weighted by molar-refractivity contribution is 6.05. The van der Waals surface area contributed by atoms with Crippen LogP contribution in [0.3, 0.4) is 0 Å². The fourth-order valence-electron chi connectivity index (χ4n) is 2.07. The van der Waals surface area contributed by atoms with Crippen molar-refractivity contribution in [2.75, 3.05) is 25.6 Å². The minimum Gasteiger partial charge on any atom is -0.491 e. The Bertz CT molecular complexity index is 632. The Morgan fingerprint density at radius 2 is 1.79 bits per heavy atom. The fourth-order valence-corrected chi connectivity index (χ4v) is 2.07. The van der Waals surface area contributed by atoms with Crippen molar-refractivity contribution < 1.29 is 14.3 Å². The van der Waals surface area contributed by atoms with E-state index in [1.807, 2.05) is 36.4 Å². The Kier molecular flexibility index (Phi) is 8.86. The Balaban J connectivity index is 0.00000288. The highest BCUT2D eigenvalue weighted by Gasteiger charge is 2.09. The molecular formula is C18H23ClN2O3. The van der Waals surface area contributed by atoms with Crippen LogP contribution in [0.15, 0.2) is 48.5 Å². The van der Waals surface area contributed by atoms with Crippen molar-refractivity contribution in [2.24, 2.45) is 5.73 Å². The van der Waals surface area contributed by atoms with Crippen molar-refractivity contribution in [1.82, 2.24) is 0 Å². The minimum atomic E-state index is -0.179. The Hall–Kier alpha value is -2.08. The van der Waals surface area contributed by atoms with Crippen molar-refractivity contribution in [3.05, 3.63) is 59.7 Å². The van der Waals surface area contributed by atoms with Crippen LogP contribution < -0.4 is 15.8 Å². The van der Waals surface area contributed by atoms with E-state index in [2.05, 4.69) is 5.32 Å². The summed E-state index contributed by atoms with van der Waals surface area (Å²) in [5.41, 5.74) is 7.78. The second-order valence-electron chi connectivity index (χ2n) is 5.05. The first kappa shape index (κ1) is 20.0. The first-order valence-corrected chi connectivity index (χ1v) is 7.55. The molecule has 3 N–H and O–H groups in total. The summed E-state index contributed by atoms with van der Waals surface area (Å²) in [6.45, 7) is 1.63. The molecule has 2 aromatic rings. The van der Waals surface area contributed by atoms with Gasteiger partial charge in [-0.1, -0.05) is 24.3 Å². The number of ether oxygens (including phenoxy) is 2. The number of benzene rings is 2. The minimum absolute atomic E-state index is 0. The molecule has 0 heterocycles. The van der Waals surface area contributed by atoms with Gasteiger partial charge in [0.05, 0.1) is 12.3 Å². The SMILES string of the molecule is COCCCOc1ccccc1NC(=O)c1ccc(CN)cc1.Cl. The molecule has 0 saturated carbocycles. The molecule has 2 rings (SSSR count). The maximum Gasteiger partial charge on any atom is 0.255 e. The van der Waals surface area contributed by atoms with E-state index in [9.17, 15) is 4.79 Å². The smallest absolute Gasteiger partial charge is 0.255 e. The Labute approximate surface area is 148 Å². The number of hydrogen-bond acceptors (Lipinski definition) is 4. The molecule has 0 radical (unpaired) electrons. The average molecular weight is 351 g/mol. The van der Waals surface area contributed by atoms with Crippen LogP contribution in [0.5, 0.6) is 5.75 Å². The van der Waals surface area contributed by atoms with E-state index >= 15 is 0 Å². The van der Waals surface area contributed by atoms with Gasteiger partial charge in [0.2, 0.25) is 0 Å². The van der Waals surface area contributed by atoms with Crippen LogP contribution >= 0.6 is 12.4 Å². The van der Waals surface area contributed by atoms with E-state index in [4.69, 9.17) is 15.2 Å². The standard InChI is InChI=1S/C18H22N2O3.ClH/c1-22-11-4-12-23-17-6-3-2-5-16(17)20-18(21)15-9-7-14(13-19)8-10-15;/h2-3,5-10H,4,11-13,19H2,1H3,(H,20,21);1H. The van der Waals surface area contributed by atoms with Gasteiger partial charge in [-0.2, -0.15) is 0 Å². The molecule has 0 spiro atoms. The molecular weight excluding hydrogens is 328 g/mol. The van der Waals surface area contributed by atoms with E-state index in [1.165, 1.54) is 0 Å². The molecule has 0 atom stereocenters. The zero-order valence-corrected chi connectivity index (χ0v) is 14.5. The first-order valence-electron chi connectivity index (χ1n) is 7.55. The predicted octanol–water partition coefficient (Wildman–Crippen LogP) is 3.23. The van der Waals surface area contributed by atoms with Gasteiger partial charge in [0, 0.05) is 32.2 Å². The average Bonchev–Trinajstić information content (AvgIpc) is 2.60. The van der Waals surface area contributed by atoms with Gasteiger partial charge in [0.25, 0.3) is 5.91 Å². The number of carbonyl (C=O) groups excluding carboxylic acids is 1. The highest BCUT2D eigenvalue weighted by atomic mass is 35.5. The third-order valence-corrected chi connectivity index (χ3v) is 3.34. The van der Waals surface area contributed by atoms with Crippen LogP contribution in [-0.2, 0) is 11.3 Å². The lowest BCUT2D eigenvalue weighted by atomic mass is 10.1. The highest BCUT2D eigenvalue weighted by Crippen LogP contribution is 2.24. The third-order valence-electron chi connectivity index (χ3n) is 3.34. The number of carbonyl (C=O) groups is 1. The molecule has 0 fully saturated rings. The van der Waals surface area contributed by atoms with Gasteiger partial charge in [-0.15, -0.1) is 12.4 Å². The summed E-state index contributed by atoms with van der Waals surface area (Å²) < 4.78 is 10.7. The van der Waals surface area contributed by atoms with Crippen LogP contribution in [0.25, 0.3) is 0 Å². The molecule has 130 valence electrons. The molecule has 0 aliphatic heterocycles. The van der Waals surface area contributed by atoms with Gasteiger partial charge in [0.1, 0.15) is 5.75 Å². The number of halogens is 1. The van der Waals surface area contributed by atoms with E-state index in [1.54, 1.807) is 19.2 Å². The Morgan fingerprint density at radius 3 is 2.46 bits per heavy atom. The summed E-state index contributed by atoms with van der Waals surface area (Å²) in [6, 6.07) is 14.6. The van der Waals surface area contributed by atoms with E-state index < -0.39 is 0 Å². The second kappa shape index (κ2) is 10.6. The number of nitrogens with one attached hydrogen (secondary N) is 1. The molecule has 0 saturated heterocycles. The summed E-state index contributed by atoms with van der Waals surface area (Å²) >= 11 is 0. The van der Waals surface area contributed by atoms with E-state index in [-0.39, 0.29) is 18.3 Å². The number of nitrogens with two attached hydrogens (primary N) is 1. The molecule has 2 aromatic carbocycles. The number of amides is 1. The number of para-hydroxylation sites is 2. The lowest BCUT2D eigenvalue weighted by molar-refractivity contribution is 0.102. The van der Waals surface area contributed by atoms with Gasteiger partial charge in [-0.25, -0.2) is 0 Å². The molecule has 5 nitrogen and oxygen atoms in total. The van der Waals surface area contributed by atoms with Gasteiger partial charge < -0.3 is 20.5 Å². The molecule has 6 heteroatoms. The summed E-state index contributed by atoms with van der Waals surface area (Å²) in [6.07, 6.45) is 0.791. The lowest BCUT2D eigenvalue weighted by Gasteiger charge is -2.12. The third kappa shape index (κ3) is 5.85. The van der Waals surface area contributed by atoms with E-state index in [0.29, 0.717) is 36.8 Å².